The molecule has 0 bridgehead atoms. The predicted octanol–water partition coefficient (Wildman–Crippen LogP) is -1.46. The number of carbonyl (C=O) groups is 2. The van der Waals surface area contributed by atoms with Crippen LogP contribution in [-0.4, -0.2) is 37.3 Å². The third-order valence-corrected chi connectivity index (χ3v) is 2.23. The van der Waals surface area contributed by atoms with E-state index < -0.39 is 23.0 Å². The molecule has 0 amide bonds. The maximum Gasteiger partial charge on any atom is 0.302 e. The van der Waals surface area contributed by atoms with Gasteiger partial charge in [-0.1, -0.05) is 10.3 Å². The van der Waals surface area contributed by atoms with E-state index in [0.717, 1.165) is 12.4 Å². The molecule has 12 nitrogen and oxygen atoms in total. The van der Waals surface area contributed by atoms with Crippen LogP contribution in [-0.2, 0) is 0 Å². The molecular formula is C8H2N6O6. The molecule has 0 N–H and O–H groups in total. The van der Waals surface area contributed by atoms with E-state index in [9.17, 15) is 14.8 Å². The summed E-state index contributed by atoms with van der Waals surface area (Å²) >= 11 is 0. The van der Waals surface area contributed by atoms with Crippen molar-refractivity contribution in [2.24, 2.45) is 0 Å². The van der Waals surface area contributed by atoms with Gasteiger partial charge in [0.2, 0.25) is 0 Å². The molecule has 0 fully saturated rings. The van der Waals surface area contributed by atoms with Crippen LogP contribution in [0.4, 0.5) is 0 Å². The average Bonchev–Trinajstić information content (AvgIpc) is 3.19. The van der Waals surface area contributed by atoms with Gasteiger partial charge in [0, 0.05) is 0 Å². The highest BCUT2D eigenvalue weighted by Gasteiger charge is 2.35. The lowest BCUT2D eigenvalue weighted by Crippen LogP contribution is -2.33. The first-order valence-electron chi connectivity index (χ1n) is 4.92. The van der Waals surface area contributed by atoms with Gasteiger partial charge in [-0.25, -0.2) is 9.26 Å². The first kappa shape index (κ1) is 11.6. The number of nitrogens with zero attached hydrogens (tertiary/aromatic N) is 6. The summed E-state index contributed by atoms with van der Waals surface area (Å²) < 4.78 is 12.7. The second-order valence-corrected chi connectivity index (χ2v) is 3.37. The van der Waals surface area contributed by atoms with Gasteiger partial charge in [-0.2, -0.15) is 0 Å². The Morgan fingerprint density at radius 3 is 2.15 bits per heavy atom. The summed E-state index contributed by atoms with van der Waals surface area (Å²) in [6, 6.07) is 0. The zero-order chi connectivity index (χ0) is 14.1. The number of rotatable bonds is 4. The number of hydrogen-bond donors (Lipinski definition) is 0. The minimum atomic E-state index is -0.942. The third-order valence-electron chi connectivity index (χ3n) is 2.23. The minimum Gasteiger partial charge on any atom is -0.359 e. The third kappa shape index (κ3) is 1.71. The van der Waals surface area contributed by atoms with E-state index >= 15 is 0 Å². The van der Waals surface area contributed by atoms with Gasteiger partial charge in [0.05, 0.1) is 5.16 Å². The zero-order valence-electron chi connectivity index (χ0n) is 9.29. The molecule has 0 aromatic carbocycles. The SMILES string of the molecule is O=C(c1cnon1)c1no[n+]([O-])c1C(=O)c1cnon1. The summed E-state index contributed by atoms with van der Waals surface area (Å²) in [6.07, 6.45) is 1.97. The summed E-state index contributed by atoms with van der Waals surface area (Å²) in [6.45, 7) is 0. The van der Waals surface area contributed by atoms with Crippen LogP contribution in [0.5, 0.6) is 0 Å². The lowest BCUT2D eigenvalue weighted by molar-refractivity contribution is -0.803. The van der Waals surface area contributed by atoms with Crippen LogP contribution in [0.25, 0.3) is 0 Å². The van der Waals surface area contributed by atoms with Crippen LogP contribution < -0.4 is 4.90 Å². The molecule has 3 heterocycles. The smallest absolute Gasteiger partial charge is 0.302 e. The maximum atomic E-state index is 12.0. The Morgan fingerprint density at radius 2 is 1.60 bits per heavy atom. The monoisotopic (exact) mass is 278 g/mol. The Bertz CT molecular complexity index is 760. The molecule has 0 aliphatic heterocycles. The van der Waals surface area contributed by atoms with Crippen molar-refractivity contribution in [2.75, 3.05) is 0 Å². The Labute approximate surface area is 107 Å². The highest BCUT2D eigenvalue weighted by molar-refractivity contribution is 6.15. The minimum absolute atomic E-state index is 0.224. The number of aromatic nitrogens is 6. The maximum absolute atomic E-state index is 12.0. The van der Waals surface area contributed by atoms with Crippen LogP contribution >= 0.6 is 0 Å². The highest BCUT2D eigenvalue weighted by atomic mass is 16.8. The summed E-state index contributed by atoms with van der Waals surface area (Å²) in [7, 11) is 0. The van der Waals surface area contributed by atoms with Crippen LogP contribution in [0.3, 0.4) is 0 Å². The molecule has 20 heavy (non-hydrogen) atoms. The van der Waals surface area contributed by atoms with Gasteiger partial charge in [-0.3, -0.25) is 14.2 Å². The molecule has 0 saturated carbocycles. The Balaban J connectivity index is 2.06. The van der Waals surface area contributed by atoms with Crippen LogP contribution in [0.15, 0.2) is 26.3 Å². The van der Waals surface area contributed by atoms with Gasteiger partial charge in [0.15, 0.2) is 11.4 Å². The van der Waals surface area contributed by atoms with E-state index in [0.29, 0.717) is 0 Å². The fourth-order valence-electron chi connectivity index (χ4n) is 1.36. The van der Waals surface area contributed by atoms with Gasteiger partial charge in [0.25, 0.3) is 17.3 Å². The van der Waals surface area contributed by atoms with Crippen molar-refractivity contribution in [3.8, 4) is 0 Å². The molecule has 100 valence electrons. The van der Waals surface area contributed by atoms with Crippen LogP contribution in [0.2, 0.25) is 0 Å². The lowest BCUT2D eigenvalue weighted by Gasteiger charge is -1.92. The van der Waals surface area contributed by atoms with E-state index in [1.54, 1.807) is 0 Å². The van der Waals surface area contributed by atoms with Gasteiger partial charge in [-0.05, 0) is 15.2 Å². The first-order chi connectivity index (χ1) is 9.68. The van der Waals surface area contributed by atoms with E-state index in [-0.39, 0.29) is 16.3 Å². The summed E-state index contributed by atoms with van der Waals surface area (Å²) in [4.78, 5) is 23.7. The van der Waals surface area contributed by atoms with E-state index in [2.05, 4.69) is 39.7 Å². The fourth-order valence-corrected chi connectivity index (χ4v) is 1.36. The van der Waals surface area contributed by atoms with Crippen molar-refractivity contribution in [3.05, 3.63) is 40.4 Å². The van der Waals surface area contributed by atoms with E-state index in [1.807, 2.05) is 0 Å². The van der Waals surface area contributed by atoms with Crippen LogP contribution in [0.1, 0.15) is 32.4 Å². The molecule has 0 spiro atoms. The molecule has 0 atom stereocenters. The van der Waals surface area contributed by atoms with Gasteiger partial charge >= 0.3 is 5.69 Å². The second-order valence-electron chi connectivity index (χ2n) is 3.37. The fraction of sp³-hybridized carbons (Fsp3) is 0. The standard InChI is InChI=1S/C8H2N6O6/c15-7(3-1-9-18-11-3)5-6(14(17)20-13-5)8(16)4-2-10-19-12-4/h1-2H. The normalized spacial score (nSPS) is 10.6. The summed E-state index contributed by atoms with van der Waals surface area (Å²) in [5.74, 6) is -1.81. The van der Waals surface area contributed by atoms with Gasteiger partial charge in [0.1, 0.15) is 12.4 Å². The number of ketones is 2. The van der Waals surface area contributed by atoms with Crippen molar-refractivity contribution in [3.63, 3.8) is 0 Å². The number of carbonyl (C=O) groups excluding carboxylic acids is 2. The van der Waals surface area contributed by atoms with Gasteiger partial charge in [-0.15, -0.1) is 0 Å². The predicted molar refractivity (Wildman–Crippen MR) is 50.9 cm³/mol. The molecule has 3 rings (SSSR count). The van der Waals surface area contributed by atoms with E-state index in [1.165, 1.54) is 0 Å². The molecular weight excluding hydrogens is 276 g/mol. The Hall–Kier alpha value is -3.44. The summed E-state index contributed by atoms with van der Waals surface area (Å²) in [5.41, 5.74) is -1.76. The van der Waals surface area contributed by atoms with E-state index in [4.69, 9.17) is 0 Å². The quantitative estimate of drug-likeness (QED) is 0.404. The second kappa shape index (κ2) is 4.34. The molecule has 0 aliphatic rings. The van der Waals surface area contributed by atoms with Crippen LogP contribution in [0, 0.1) is 5.21 Å². The molecule has 3 aromatic rings. The molecule has 0 aliphatic carbocycles. The molecule has 0 saturated heterocycles. The topological polar surface area (TPSA) is 165 Å². The molecule has 0 unspecified atom stereocenters. The lowest BCUT2D eigenvalue weighted by atomic mass is 10.1. The summed E-state index contributed by atoms with van der Waals surface area (Å²) in [5, 5.41) is 27.6. The van der Waals surface area contributed by atoms with Crippen molar-refractivity contribution in [2.45, 2.75) is 0 Å². The largest absolute Gasteiger partial charge is 0.359 e. The van der Waals surface area contributed by atoms with Crippen molar-refractivity contribution in [1.29, 1.82) is 0 Å². The molecule has 12 heteroatoms. The van der Waals surface area contributed by atoms with Crippen molar-refractivity contribution >= 4 is 11.6 Å². The highest BCUT2D eigenvalue weighted by Crippen LogP contribution is 2.11. The number of hydrogen-bond acceptors (Lipinski definition) is 11. The van der Waals surface area contributed by atoms with Gasteiger partial charge < -0.3 is 5.21 Å². The molecule has 3 aromatic heterocycles. The Kier molecular flexibility index (Phi) is 2.53. The molecule has 0 radical (unpaired) electrons. The van der Waals surface area contributed by atoms with Crippen molar-refractivity contribution in [1.82, 2.24) is 25.8 Å². The first-order valence-corrected chi connectivity index (χ1v) is 4.92. The Morgan fingerprint density at radius 1 is 1.00 bits per heavy atom. The zero-order valence-corrected chi connectivity index (χ0v) is 9.29. The van der Waals surface area contributed by atoms with Crippen molar-refractivity contribution < 1.29 is 28.4 Å². The average molecular weight is 278 g/mol.